The van der Waals surface area contributed by atoms with E-state index in [1.54, 1.807) is 6.92 Å². The van der Waals surface area contributed by atoms with Gasteiger partial charge in [0.25, 0.3) is 0 Å². The Kier molecular flexibility index (Phi) is 4.46. The van der Waals surface area contributed by atoms with Crippen LogP contribution in [-0.2, 0) is 10.0 Å². The van der Waals surface area contributed by atoms with Crippen LogP contribution in [0.4, 0.5) is 18.9 Å². The van der Waals surface area contributed by atoms with Crippen molar-refractivity contribution < 1.29 is 21.6 Å². The average Bonchev–Trinajstić information content (AvgIpc) is 2.28. The van der Waals surface area contributed by atoms with E-state index in [0.29, 0.717) is 15.6 Å². The minimum absolute atomic E-state index is 0.0659. The van der Waals surface area contributed by atoms with Crippen molar-refractivity contribution in [3.05, 3.63) is 23.8 Å². The monoisotopic (exact) mass is 296 g/mol. The van der Waals surface area contributed by atoms with Gasteiger partial charge in [0.05, 0.1) is 11.3 Å². The smallest absolute Gasteiger partial charge is 0.390 e. The van der Waals surface area contributed by atoms with E-state index in [1.807, 2.05) is 0 Å². The Bertz CT molecular complexity index is 556. The van der Waals surface area contributed by atoms with Gasteiger partial charge in [0.15, 0.2) is 0 Å². The van der Waals surface area contributed by atoms with E-state index >= 15 is 0 Å². The van der Waals surface area contributed by atoms with E-state index in [-0.39, 0.29) is 4.90 Å². The van der Waals surface area contributed by atoms with Crippen molar-refractivity contribution >= 4 is 15.7 Å². The van der Waals surface area contributed by atoms with Crippen molar-refractivity contribution in [3.8, 4) is 0 Å². The fourth-order valence-electron chi connectivity index (χ4n) is 1.39. The molecule has 0 saturated heterocycles. The normalized spacial score (nSPS) is 12.9. The van der Waals surface area contributed by atoms with Gasteiger partial charge in [-0.2, -0.15) is 13.2 Å². The number of alkyl halides is 3. The number of sulfonamides is 1. The first-order chi connectivity index (χ1) is 8.54. The minimum atomic E-state index is -4.39. The lowest BCUT2D eigenvalue weighted by Gasteiger charge is -2.18. The number of nitrogen functional groups attached to an aromatic ring is 1. The first-order valence-corrected chi connectivity index (χ1v) is 6.87. The zero-order valence-electron chi connectivity index (χ0n) is 10.5. The Morgan fingerprint density at radius 3 is 2.37 bits per heavy atom. The van der Waals surface area contributed by atoms with E-state index < -0.39 is 29.2 Å². The Hall–Kier alpha value is -1.28. The van der Waals surface area contributed by atoms with Gasteiger partial charge in [-0.25, -0.2) is 12.7 Å². The molecule has 19 heavy (non-hydrogen) atoms. The molecule has 4 nitrogen and oxygen atoms in total. The number of aryl methyl sites for hydroxylation is 1. The molecule has 0 spiro atoms. The lowest BCUT2D eigenvalue weighted by Crippen LogP contribution is -2.30. The van der Waals surface area contributed by atoms with Crippen LogP contribution in [0.1, 0.15) is 12.0 Å². The molecule has 0 radical (unpaired) electrons. The second kappa shape index (κ2) is 5.38. The van der Waals surface area contributed by atoms with Crippen molar-refractivity contribution in [2.75, 3.05) is 19.3 Å². The summed E-state index contributed by atoms with van der Waals surface area (Å²) < 4.78 is 61.0. The molecule has 0 aromatic heterocycles. The maximum Gasteiger partial charge on any atom is 0.390 e. The quantitative estimate of drug-likeness (QED) is 0.866. The number of hydrogen-bond donors (Lipinski definition) is 1. The third kappa shape index (κ3) is 4.10. The summed E-state index contributed by atoms with van der Waals surface area (Å²) in [6, 6.07) is 4.04. The van der Waals surface area contributed by atoms with Gasteiger partial charge in [0.2, 0.25) is 10.0 Å². The second-order valence-corrected chi connectivity index (χ2v) is 6.26. The predicted octanol–water partition coefficient (Wildman–Crippen LogP) is 2.15. The number of anilines is 1. The number of nitrogens with two attached hydrogens (primary N) is 1. The van der Waals surface area contributed by atoms with Crippen molar-refractivity contribution in [2.24, 2.45) is 0 Å². The van der Waals surface area contributed by atoms with E-state index in [0.717, 1.165) is 7.05 Å². The topological polar surface area (TPSA) is 63.4 Å². The molecule has 1 aromatic rings. The number of hydrogen-bond acceptors (Lipinski definition) is 3. The third-order valence-electron chi connectivity index (χ3n) is 2.66. The Balaban J connectivity index is 2.94. The third-order valence-corrected chi connectivity index (χ3v) is 4.51. The number of nitrogens with zero attached hydrogens (tertiary/aromatic N) is 1. The zero-order valence-corrected chi connectivity index (χ0v) is 11.3. The highest BCUT2D eigenvalue weighted by molar-refractivity contribution is 7.89. The van der Waals surface area contributed by atoms with Gasteiger partial charge in [0.1, 0.15) is 0 Å². The van der Waals surface area contributed by atoms with Crippen LogP contribution in [0, 0.1) is 6.92 Å². The first kappa shape index (κ1) is 15.8. The fraction of sp³-hybridized carbons (Fsp3) is 0.455. The largest absolute Gasteiger partial charge is 0.399 e. The van der Waals surface area contributed by atoms with E-state index in [4.69, 9.17) is 5.73 Å². The maximum atomic E-state index is 12.1. The van der Waals surface area contributed by atoms with Crippen molar-refractivity contribution in [1.29, 1.82) is 0 Å². The van der Waals surface area contributed by atoms with Gasteiger partial charge in [0, 0.05) is 19.3 Å². The Morgan fingerprint density at radius 2 is 1.89 bits per heavy atom. The van der Waals surface area contributed by atoms with E-state index in [1.165, 1.54) is 18.2 Å². The van der Waals surface area contributed by atoms with Crippen LogP contribution in [0.2, 0.25) is 0 Å². The molecular weight excluding hydrogens is 281 g/mol. The molecule has 0 amide bonds. The van der Waals surface area contributed by atoms with Crippen LogP contribution >= 0.6 is 0 Å². The Morgan fingerprint density at radius 1 is 1.32 bits per heavy atom. The van der Waals surface area contributed by atoms with Crippen LogP contribution in [0.5, 0.6) is 0 Å². The lowest BCUT2D eigenvalue weighted by atomic mass is 10.2. The van der Waals surface area contributed by atoms with Gasteiger partial charge >= 0.3 is 6.18 Å². The number of rotatable bonds is 4. The highest BCUT2D eigenvalue weighted by Crippen LogP contribution is 2.23. The van der Waals surface area contributed by atoms with Gasteiger partial charge in [-0.05, 0) is 30.7 Å². The van der Waals surface area contributed by atoms with Crippen molar-refractivity contribution in [2.45, 2.75) is 24.4 Å². The fourth-order valence-corrected chi connectivity index (χ4v) is 2.65. The molecule has 0 fully saturated rings. The summed E-state index contributed by atoms with van der Waals surface area (Å²) in [7, 11) is -2.81. The molecule has 8 heteroatoms. The van der Waals surface area contributed by atoms with Gasteiger partial charge < -0.3 is 5.73 Å². The standard InChI is InChI=1S/C11H15F3N2O2S/c1-8-7-9(3-4-10(8)15)19(17,18)16(2)6-5-11(12,13)14/h3-4,7H,5-6,15H2,1-2H3. The molecule has 0 heterocycles. The summed E-state index contributed by atoms with van der Waals surface area (Å²) in [5.41, 5.74) is 6.55. The zero-order chi connectivity index (χ0) is 14.8. The van der Waals surface area contributed by atoms with E-state index in [9.17, 15) is 21.6 Å². The summed E-state index contributed by atoms with van der Waals surface area (Å²) in [6.07, 6.45) is -5.57. The van der Waals surface area contributed by atoms with Gasteiger partial charge in [-0.1, -0.05) is 0 Å². The summed E-state index contributed by atoms with van der Waals surface area (Å²) >= 11 is 0. The molecule has 0 bridgehead atoms. The molecule has 1 rings (SSSR count). The summed E-state index contributed by atoms with van der Waals surface area (Å²) in [5.74, 6) is 0. The van der Waals surface area contributed by atoms with Crippen LogP contribution in [0.3, 0.4) is 0 Å². The predicted molar refractivity (Wildman–Crippen MR) is 66.1 cm³/mol. The van der Waals surface area contributed by atoms with Crippen molar-refractivity contribution in [3.63, 3.8) is 0 Å². The first-order valence-electron chi connectivity index (χ1n) is 5.43. The van der Waals surface area contributed by atoms with Gasteiger partial charge in [-0.15, -0.1) is 0 Å². The molecule has 108 valence electrons. The molecule has 0 saturated carbocycles. The molecule has 1 aromatic carbocycles. The molecule has 0 aliphatic rings. The summed E-state index contributed by atoms with van der Waals surface area (Å²) in [4.78, 5) is -0.0659. The molecule has 0 aliphatic heterocycles. The second-order valence-electron chi connectivity index (χ2n) is 4.21. The lowest BCUT2D eigenvalue weighted by molar-refractivity contribution is -0.135. The highest BCUT2D eigenvalue weighted by Gasteiger charge is 2.30. The highest BCUT2D eigenvalue weighted by atomic mass is 32.2. The van der Waals surface area contributed by atoms with Crippen LogP contribution in [0.25, 0.3) is 0 Å². The number of benzene rings is 1. The van der Waals surface area contributed by atoms with Crippen LogP contribution in [0.15, 0.2) is 23.1 Å². The SMILES string of the molecule is Cc1cc(S(=O)(=O)N(C)CCC(F)(F)F)ccc1N. The molecule has 2 N–H and O–H groups in total. The van der Waals surface area contributed by atoms with Crippen LogP contribution in [-0.4, -0.2) is 32.5 Å². The molecule has 0 unspecified atom stereocenters. The number of halogens is 3. The minimum Gasteiger partial charge on any atom is -0.399 e. The summed E-state index contributed by atoms with van der Waals surface area (Å²) in [6.45, 7) is 1.01. The Labute approximate surface area is 110 Å². The van der Waals surface area contributed by atoms with Crippen LogP contribution < -0.4 is 5.73 Å². The maximum absolute atomic E-state index is 12.1. The van der Waals surface area contributed by atoms with E-state index in [2.05, 4.69) is 0 Å². The van der Waals surface area contributed by atoms with Gasteiger partial charge in [-0.3, -0.25) is 0 Å². The average molecular weight is 296 g/mol. The van der Waals surface area contributed by atoms with Crippen molar-refractivity contribution in [1.82, 2.24) is 4.31 Å². The summed E-state index contributed by atoms with van der Waals surface area (Å²) in [5, 5.41) is 0. The molecule has 0 aliphatic carbocycles. The molecular formula is C11H15F3N2O2S. The molecule has 0 atom stereocenters.